The van der Waals surface area contributed by atoms with Crippen molar-refractivity contribution in [3.8, 4) is 5.75 Å². The number of amides is 3. The zero-order chi connectivity index (χ0) is 19.9. The van der Waals surface area contributed by atoms with Gasteiger partial charge in [0.15, 0.2) is 6.61 Å². The van der Waals surface area contributed by atoms with Crippen LogP contribution in [0.4, 0.5) is 10.5 Å². The summed E-state index contributed by atoms with van der Waals surface area (Å²) in [5.41, 5.74) is 0.798. The van der Waals surface area contributed by atoms with E-state index in [1.165, 1.54) is 0 Å². The summed E-state index contributed by atoms with van der Waals surface area (Å²) in [4.78, 5) is 39.2. The van der Waals surface area contributed by atoms with E-state index in [0.717, 1.165) is 12.1 Å². The monoisotopic (exact) mass is 389 g/mol. The van der Waals surface area contributed by atoms with Crippen LogP contribution in [0.2, 0.25) is 0 Å². The van der Waals surface area contributed by atoms with Gasteiger partial charge in [-0.1, -0.05) is 6.07 Å². The molecule has 0 radical (unpaired) electrons. The molecule has 0 spiro atoms. The molecule has 2 fully saturated rings. The second kappa shape index (κ2) is 9.43. The van der Waals surface area contributed by atoms with Crippen molar-refractivity contribution in [2.75, 3.05) is 37.7 Å². The molecule has 0 aliphatic carbocycles. The van der Waals surface area contributed by atoms with E-state index in [1.807, 2.05) is 12.1 Å². The Kier molecular flexibility index (Phi) is 6.73. The highest BCUT2D eigenvalue weighted by Gasteiger charge is 2.25. The summed E-state index contributed by atoms with van der Waals surface area (Å²) >= 11 is 0. The van der Waals surface area contributed by atoms with Crippen molar-refractivity contribution in [3.05, 3.63) is 24.3 Å². The fourth-order valence-corrected chi connectivity index (χ4v) is 3.50. The Morgan fingerprint density at radius 1 is 1.21 bits per heavy atom. The standard InChI is InChI=1S/C20H27N3O5/c1-2-27-20(26)22-11-8-15(9-12-22)21-18(24)14-28-17-6-3-5-16(13-17)23-10-4-7-19(23)25/h3,5-6,13,15H,2,4,7-12,14H2,1H3,(H,21,24). The quantitative estimate of drug-likeness (QED) is 0.803. The Labute approximate surface area is 164 Å². The first kappa shape index (κ1) is 20.0. The van der Waals surface area contributed by atoms with E-state index >= 15 is 0 Å². The molecule has 28 heavy (non-hydrogen) atoms. The Hall–Kier alpha value is -2.77. The summed E-state index contributed by atoms with van der Waals surface area (Å²) in [6.07, 6.45) is 2.52. The highest BCUT2D eigenvalue weighted by Crippen LogP contribution is 2.25. The van der Waals surface area contributed by atoms with Gasteiger partial charge in [0.25, 0.3) is 5.91 Å². The van der Waals surface area contributed by atoms with E-state index < -0.39 is 0 Å². The van der Waals surface area contributed by atoms with Gasteiger partial charge in [-0.05, 0) is 38.3 Å². The lowest BCUT2D eigenvalue weighted by atomic mass is 10.1. The summed E-state index contributed by atoms with van der Waals surface area (Å²) in [6.45, 7) is 3.90. The third kappa shape index (κ3) is 5.15. The molecular weight excluding hydrogens is 362 g/mol. The molecule has 2 heterocycles. The summed E-state index contributed by atoms with van der Waals surface area (Å²) in [5, 5.41) is 2.95. The van der Waals surface area contributed by atoms with Gasteiger partial charge in [0.2, 0.25) is 5.91 Å². The van der Waals surface area contributed by atoms with E-state index in [-0.39, 0.29) is 30.6 Å². The Morgan fingerprint density at radius 3 is 2.68 bits per heavy atom. The van der Waals surface area contributed by atoms with E-state index in [0.29, 0.717) is 51.3 Å². The normalized spacial score (nSPS) is 17.5. The lowest BCUT2D eigenvalue weighted by molar-refractivity contribution is -0.124. The van der Waals surface area contributed by atoms with Crippen LogP contribution in [0.15, 0.2) is 24.3 Å². The van der Waals surface area contributed by atoms with Crippen LogP contribution in [0.25, 0.3) is 0 Å². The maximum absolute atomic E-state index is 12.2. The van der Waals surface area contributed by atoms with Crippen molar-refractivity contribution < 1.29 is 23.9 Å². The molecule has 8 nitrogen and oxygen atoms in total. The number of carbonyl (C=O) groups is 3. The van der Waals surface area contributed by atoms with Crippen molar-refractivity contribution in [2.24, 2.45) is 0 Å². The van der Waals surface area contributed by atoms with E-state index in [2.05, 4.69) is 5.32 Å². The number of likely N-dealkylation sites (tertiary alicyclic amines) is 1. The summed E-state index contributed by atoms with van der Waals surface area (Å²) in [5.74, 6) is 0.478. The van der Waals surface area contributed by atoms with Crippen LogP contribution in [0, 0.1) is 0 Å². The minimum atomic E-state index is -0.299. The largest absolute Gasteiger partial charge is 0.484 e. The van der Waals surface area contributed by atoms with Gasteiger partial charge in [-0.25, -0.2) is 4.79 Å². The van der Waals surface area contributed by atoms with E-state index in [9.17, 15) is 14.4 Å². The average Bonchev–Trinajstić information content (AvgIpc) is 3.13. The van der Waals surface area contributed by atoms with Crippen LogP contribution < -0.4 is 15.0 Å². The number of benzene rings is 1. The van der Waals surface area contributed by atoms with Crippen molar-refractivity contribution in [1.82, 2.24) is 10.2 Å². The van der Waals surface area contributed by atoms with Crippen LogP contribution in [-0.4, -0.2) is 61.7 Å². The van der Waals surface area contributed by atoms with Crippen molar-refractivity contribution >= 4 is 23.6 Å². The van der Waals surface area contributed by atoms with Gasteiger partial charge in [-0.15, -0.1) is 0 Å². The van der Waals surface area contributed by atoms with Gasteiger partial charge in [0.05, 0.1) is 6.61 Å². The number of piperidine rings is 1. The molecule has 2 aliphatic rings. The second-order valence-corrected chi connectivity index (χ2v) is 6.96. The Balaban J connectivity index is 1.43. The molecule has 2 aliphatic heterocycles. The van der Waals surface area contributed by atoms with Gasteiger partial charge in [-0.2, -0.15) is 0 Å². The summed E-state index contributed by atoms with van der Waals surface area (Å²) < 4.78 is 10.6. The number of ether oxygens (including phenoxy) is 2. The Bertz CT molecular complexity index is 716. The second-order valence-electron chi connectivity index (χ2n) is 6.96. The molecule has 1 N–H and O–H groups in total. The molecule has 0 atom stereocenters. The van der Waals surface area contributed by atoms with Crippen LogP contribution >= 0.6 is 0 Å². The highest BCUT2D eigenvalue weighted by atomic mass is 16.6. The third-order valence-electron chi connectivity index (χ3n) is 4.96. The molecule has 0 saturated carbocycles. The molecular formula is C20H27N3O5. The van der Waals surface area contributed by atoms with Crippen molar-refractivity contribution in [3.63, 3.8) is 0 Å². The predicted molar refractivity (Wildman–Crippen MR) is 103 cm³/mol. The van der Waals surface area contributed by atoms with Crippen LogP contribution in [-0.2, 0) is 14.3 Å². The Morgan fingerprint density at radius 2 is 2.00 bits per heavy atom. The number of anilines is 1. The molecule has 3 rings (SSSR count). The van der Waals surface area contributed by atoms with Gasteiger partial charge in [0.1, 0.15) is 5.75 Å². The minimum Gasteiger partial charge on any atom is -0.484 e. The molecule has 1 aromatic rings. The molecule has 2 saturated heterocycles. The number of carbonyl (C=O) groups excluding carboxylic acids is 3. The van der Waals surface area contributed by atoms with Crippen LogP contribution in [0.1, 0.15) is 32.6 Å². The fourth-order valence-electron chi connectivity index (χ4n) is 3.50. The molecule has 8 heteroatoms. The third-order valence-corrected chi connectivity index (χ3v) is 4.96. The minimum absolute atomic E-state index is 0.0235. The fraction of sp³-hybridized carbons (Fsp3) is 0.550. The lowest BCUT2D eigenvalue weighted by Gasteiger charge is -2.31. The van der Waals surface area contributed by atoms with Crippen molar-refractivity contribution in [1.29, 1.82) is 0 Å². The summed E-state index contributed by atoms with van der Waals surface area (Å²) in [7, 11) is 0. The molecule has 3 amide bonds. The maximum atomic E-state index is 12.2. The maximum Gasteiger partial charge on any atom is 0.409 e. The molecule has 0 bridgehead atoms. The first-order valence-corrected chi connectivity index (χ1v) is 9.81. The highest BCUT2D eigenvalue weighted by molar-refractivity contribution is 5.95. The first-order valence-electron chi connectivity index (χ1n) is 9.81. The van der Waals surface area contributed by atoms with Gasteiger partial charge in [0, 0.05) is 43.9 Å². The SMILES string of the molecule is CCOC(=O)N1CCC(NC(=O)COc2cccc(N3CCCC3=O)c2)CC1. The van der Waals surface area contributed by atoms with Crippen LogP contribution in [0.5, 0.6) is 5.75 Å². The van der Waals surface area contributed by atoms with Crippen LogP contribution in [0.3, 0.4) is 0 Å². The first-order chi connectivity index (χ1) is 13.6. The number of nitrogens with one attached hydrogen (secondary N) is 1. The predicted octanol–water partition coefficient (Wildman–Crippen LogP) is 1.93. The number of rotatable bonds is 6. The number of nitrogens with zero attached hydrogens (tertiary/aromatic N) is 2. The van der Waals surface area contributed by atoms with E-state index in [1.54, 1.807) is 28.9 Å². The lowest BCUT2D eigenvalue weighted by Crippen LogP contribution is -2.47. The molecule has 0 aromatic heterocycles. The molecule has 0 unspecified atom stereocenters. The zero-order valence-electron chi connectivity index (χ0n) is 16.2. The average molecular weight is 389 g/mol. The number of hydrogen-bond donors (Lipinski definition) is 1. The molecule has 1 aromatic carbocycles. The smallest absolute Gasteiger partial charge is 0.409 e. The number of hydrogen-bond acceptors (Lipinski definition) is 5. The van der Waals surface area contributed by atoms with E-state index in [4.69, 9.17) is 9.47 Å². The topological polar surface area (TPSA) is 88.2 Å². The van der Waals surface area contributed by atoms with Gasteiger partial charge in [-0.3, -0.25) is 9.59 Å². The van der Waals surface area contributed by atoms with Gasteiger partial charge >= 0.3 is 6.09 Å². The molecule has 152 valence electrons. The van der Waals surface area contributed by atoms with Crippen molar-refractivity contribution in [2.45, 2.75) is 38.6 Å². The summed E-state index contributed by atoms with van der Waals surface area (Å²) in [6, 6.07) is 7.27. The zero-order valence-corrected chi connectivity index (χ0v) is 16.2. The van der Waals surface area contributed by atoms with Gasteiger partial charge < -0.3 is 24.6 Å².